The van der Waals surface area contributed by atoms with Crippen LogP contribution in [0.3, 0.4) is 0 Å². The number of nitrogens with one attached hydrogen (secondary N) is 2. The molecule has 0 saturated heterocycles. The molecular weight excluding hydrogens is 238 g/mol. The number of H-pyrrole nitrogens is 1. The van der Waals surface area contributed by atoms with E-state index in [9.17, 15) is 0 Å². The third-order valence-electron chi connectivity index (χ3n) is 3.29. The first kappa shape index (κ1) is 11.9. The van der Waals surface area contributed by atoms with Gasteiger partial charge in [0.15, 0.2) is 0 Å². The molecule has 3 rings (SSSR count). The SMILES string of the molecule is CNCCc1nc(-c2ccc3nc[nH]c3c2)cn1C. The highest BCUT2D eigenvalue weighted by molar-refractivity contribution is 5.80. The summed E-state index contributed by atoms with van der Waals surface area (Å²) < 4.78 is 2.09. The maximum atomic E-state index is 4.70. The minimum atomic E-state index is 0.930. The lowest BCUT2D eigenvalue weighted by Gasteiger charge is -1.99. The van der Waals surface area contributed by atoms with E-state index in [2.05, 4.69) is 38.2 Å². The number of hydrogen-bond acceptors (Lipinski definition) is 3. The molecule has 0 radical (unpaired) electrons. The minimum Gasteiger partial charge on any atom is -0.345 e. The monoisotopic (exact) mass is 255 g/mol. The number of aromatic nitrogens is 4. The summed E-state index contributed by atoms with van der Waals surface area (Å²) in [6, 6.07) is 6.17. The summed E-state index contributed by atoms with van der Waals surface area (Å²) in [5, 5.41) is 3.15. The normalized spacial score (nSPS) is 11.3. The van der Waals surface area contributed by atoms with Crippen LogP contribution in [-0.2, 0) is 13.5 Å². The molecule has 0 aliphatic rings. The van der Waals surface area contributed by atoms with Crippen LogP contribution in [0.2, 0.25) is 0 Å². The molecule has 0 unspecified atom stereocenters. The number of fused-ring (bicyclic) bond motifs is 1. The second-order valence-corrected chi connectivity index (χ2v) is 4.64. The van der Waals surface area contributed by atoms with Crippen molar-refractivity contribution in [1.82, 2.24) is 24.8 Å². The average Bonchev–Trinajstić information content (AvgIpc) is 3.02. The third kappa shape index (κ3) is 2.24. The Labute approximate surface area is 111 Å². The molecule has 2 heterocycles. The van der Waals surface area contributed by atoms with E-state index in [4.69, 9.17) is 4.98 Å². The van der Waals surface area contributed by atoms with E-state index in [1.807, 2.05) is 20.2 Å². The summed E-state index contributed by atoms with van der Waals surface area (Å²) in [7, 11) is 3.99. The molecule has 0 aliphatic heterocycles. The fourth-order valence-corrected chi connectivity index (χ4v) is 2.21. The molecule has 3 aromatic rings. The number of aryl methyl sites for hydroxylation is 1. The summed E-state index contributed by atoms with van der Waals surface area (Å²) in [6.45, 7) is 0.934. The number of benzene rings is 1. The smallest absolute Gasteiger partial charge is 0.110 e. The predicted molar refractivity (Wildman–Crippen MR) is 75.9 cm³/mol. The Bertz CT molecular complexity index is 695. The van der Waals surface area contributed by atoms with Crippen molar-refractivity contribution >= 4 is 11.0 Å². The molecular formula is C14H17N5. The van der Waals surface area contributed by atoms with Crippen LogP contribution < -0.4 is 5.32 Å². The summed E-state index contributed by atoms with van der Waals surface area (Å²) in [5.41, 5.74) is 4.14. The summed E-state index contributed by atoms with van der Waals surface area (Å²) in [5.74, 6) is 1.09. The van der Waals surface area contributed by atoms with Crippen LogP contribution in [0.15, 0.2) is 30.7 Å². The van der Waals surface area contributed by atoms with Crippen LogP contribution >= 0.6 is 0 Å². The lowest BCUT2D eigenvalue weighted by atomic mass is 10.1. The Morgan fingerprint density at radius 1 is 1.37 bits per heavy atom. The van der Waals surface area contributed by atoms with Crippen molar-refractivity contribution < 1.29 is 0 Å². The molecule has 0 saturated carbocycles. The summed E-state index contributed by atoms with van der Waals surface area (Å²) in [4.78, 5) is 12.1. The zero-order chi connectivity index (χ0) is 13.2. The van der Waals surface area contributed by atoms with Crippen LogP contribution in [-0.4, -0.2) is 33.1 Å². The van der Waals surface area contributed by atoms with Crippen molar-refractivity contribution in [3.05, 3.63) is 36.5 Å². The molecule has 0 spiro atoms. The van der Waals surface area contributed by atoms with Gasteiger partial charge in [0.1, 0.15) is 5.82 Å². The number of nitrogens with zero attached hydrogens (tertiary/aromatic N) is 3. The molecule has 2 aromatic heterocycles. The maximum Gasteiger partial charge on any atom is 0.110 e. The van der Waals surface area contributed by atoms with Crippen molar-refractivity contribution in [1.29, 1.82) is 0 Å². The van der Waals surface area contributed by atoms with Gasteiger partial charge >= 0.3 is 0 Å². The molecule has 0 amide bonds. The Morgan fingerprint density at radius 3 is 3.11 bits per heavy atom. The van der Waals surface area contributed by atoms with Gasteiger partial charge in [-0.05, 0) is 19.2 Å². The molecule has 98 valence electrons. The highest BCUT2D eigenvalue weighted by atomic mass is 15.0. The zero-order valence-corrected chi connectivity index (χ0v) is 11.1. The highest BCUT2D eigenvalue weighted by Gasteiger charge is 2.08. The second-order valence-electron chi connectivity index (χ2n) is 4.64. The minimum absolute atomic E-state index is 0.930. The van der Waals surface area contributed by atoms with Crippen molar-refractivity contribution in [3.8, 4) is 11.3 Å². The second kappa shape index (κ2) is 4.85. The van der Waals surface area contributed by atoms with Gasteiger partial charge in [-0.25, -0.2) is 9.97 Å². The number of rotatable bonds is 4. The number of hydrogen-bond donors (Lipinski definition) is 2. The molecule has 5 heteroatoms. The Balaban J connectivity index is 1.96. The Kier molecular flexibility index (Phi) is 3.05. The maximum absolute atomic E-state index is 4.70. The first-order chi connectivity index (χ1) is 9.28. The van der Waals surface area contributed by atoms with Crippen LogP contribution in [0.25, 0.3) is 22.3 Å². The molecule has 19 heavy (non-hydrogen) atoms. The van der Waals surface area contributed by atoms with Crippen molar-refractivity contribution in [2.24, 2.45) is 7.05 Å². The molecule has 0 fully saturated rings. The standard InChI is InChI=1S/C14H17N5/c1-15-6-5-14-18-13(8-19(14)2)10-3-4-11-12(7-10)17-9-16-11/h3-4,7-9,15H,5-6H2,1-2H3,(H,16,17). The van der Waals surface area contributed by atoms with Gasteiger partial charge in [0.05, 0.1) is 23.1 Å². The van der Waals surface area contributed by atoms with E-state index in [-0.39, 0.29) is 0 Å². The zero-order valence-electron chi connectivity index (χ0n) is 11.1. The van der Waals surface area contributed by atoms with Gasteiger partial charge in [0, 0.05) is 31.8 Å². The number of aromatic amines is 1. The average molecular weight is 255 g/mol. The van der Waals surface area contributed by atoms with Gasteiger partial charge in [0.2, 0.25) is 0 Å². The highest BCUT2D eigenvalue weighted by Crippen LogP contribution is 2.22. The quantitative estimate of drug-likeness (QED) is 0.746. The number of likely N-dealkylation sites (N-methyl/N-ethyl adjacent to an activating group) is 1. The van der Waals surface area contributed by atoms with E-state index >= 15 is 0 Å². The molecule has 0 bridgehead atoms. The van der Waals surface area contributed by atoms with Gasteiger partial charge in [-0.3, -0.25) is 0 Å². The van der Waals surface area contributed by atoms with E-state index in [0.29, 0.717) is 0 Å². The van der Waals surface area contributed by atoms with E-state index < -0.39 is 0 Å². The van der Waals surface area contributed by atoms with Gasteiger partial charge < -0.3 is 14.9 Å². The van der Waals surface area contributed by atoms with Crippen molar-refractivity contribution in [3.63, 3.8) is 0 Å². The van der Waals surface area contributed by atoms with Crippen molar-refractivity contribution in [2.75, 3.05) is 13.6 Å². The predicted octanol–water partition coefficient (Wildman–Crippen LogP) is 1.73. The topological polar surface area (TPSA) is 58.5 Å². The van der Waals surface area contributed by atoms with Gasteiger partial charge in [-0.2, -0.15) is 0 Å². The molecule has 5 nitrogen and oxygen atoms in total. The first-order valence-electron chi connectivity index (χ1n) is 6.38. The lowest BCUT2D eigenvalue weighted by Crippen LogP contribution is -2.12. The summed E-state index contributed by atoms with van der Waals surface area (Å²) >= 11 is 0. The van der Waals surface area contributed by atoms with Gasteiger partial charge in [0.25, 0.3) is 0 Å². The molecule has 0 atom stereocenters. The van der Waals surface area contributed by atoms with Gasteiger partial charge in [-0.15, -0.1) is 0 Å². The van der Waals surface area contributed by atoms with E-state index in [1.54, 1.807) is 6.33 Å². The fraction of sp³-hybridized carbons (Fsp3) is 0.286. The molecule has 0 aliphatic carbocycles. The Morgan fingerprint density at radius 2 is 2.26 bits per heavy atom. The fourth-order valence-electron chi connectivity index (χ4n) is 2.21. The van der Waals surface area contributed by atoms with Crippen LogP contribution in [0, 0.1) is 0 Å². The lowest BCUT2D eigenvalue weighted by molar-refractivity contribution is 0.718. The van der Waals surface area contributed by atoms with Crippen LogP contribution in [0.5, 0.6) is 0 Å². The first-order valence-corrected chi connectivity index (χ1v) is 6.38. The summed E-state index contributed by atoms with van der Waals surface area (Å²) in [6.07, 6.45) is 4.72. The van der Waals surface area contributed by atoms with E-state index in [1.165, 1.54) is 0 Å². The van der Waals surface area contributed by atoms with Crippen LogP contribution in [0.1, 0.15) is 5.82 Å². The van der Waals surface area contributed by atoms with Crippen molar-refractivity contribution in [2.45, 2.75) is 6.42 Å². The number of imidazole rings is 2. The molecule has 1 aromatic carbocycles. The van der Waals surface area contributed by atoms with Crippen LogP contribution in [0.4, 0.5) is 0 Å². The Hall–Kier alpha value is -2.14. The molecule has 2 N–H and O–H groups in total. The third-order valence-corrected chi connectivity index (χ3v) is 3.29. The largest absolute Gasteiger partial charge is 0.345 e. The van der Waals surface area contributed by atoms with E-state index in [0.717, 1.165) is 41.1 Å². The van der Waals surface area contributed by atoms with Gasteiger partial charge in [-0.1, -0.05) is 6.07 Å².